The van der Waals surface area contributed by atoms with E-state index in [2.05, 4.69) is 15.3 Å². The van der Waals surface area contributed by atoms with E-state index in [1.807, 2.05) is 6.92 Å². The predicted molar refractivity (Wildman–Crippen MR) is 130 cm³/mol. The van der Waals surface area contributed by atoms with Crippen molar-refractivity contribution in [3.63, 3.8) is 0 Å². The van der Waals surface area contributed by atoms with Gasteiger partial charge in [0, 0.05) is 19.1 Å². The molecule has 0 aliphatic rings. The van der Waals surface area contributed by atoms with Crippen LogP contribution in [0.5, 0.6) is 0 Å². The smallest absolute Gasteiger partial charge is 0.335 e. The van der Waals surface area contributed by atoms with Crippen molar-refractivity contribution < 1.29 is 23.9 Å². The summed E-state index contributed by atoms with van der Waals surface area (Å²) in [6, 6.07) is 10.8. The monoisotopic (exact) mass is 493 g/mol. The molecule has 0 fully saturated rings. The summed E-state index contributed by atoms with van der Waals surface area (Å²) in [4.78, 5) is 45.8. The van der Waals surface area contributed by atoms with E-state index in [9.17, 15) is 23.9 Å². The topological polar surface area (TPSA) is 139 Å². The number of amides is 2. The van der Waals surface area contributed by atoms with E-state index < -0.39 is 17.8 Å². The Morgan fingerprint density at radius 3 is 2.47 bits per heavy atom. The summed E-state index contributed by atoms with van der Waals surface area (Å²) in [5.74, 6) is -2.28. The number of carbonyl (C=O) groups is 3. The number of carboxylic acids is 1. The third-order valence-electron chi connectivity index (χ3n) is 5.87. The van der Waals surface area contributed by atoms with E-state index in [0.29, 0.717) is 16.8 Å². The van der Waals surface area contributed by atoms with Gasteiger partial charge in [-0.1, -0.05) is 24.3 Å². The molecule has 2 aromatic carbocycles. The molecule has 188 valence electrons. The molecule has 0 spiro atoms. The fourth-order valence-corrected chi connectivity index (χ4v) is 3.83. The van der Waals surface area contributed by atoms with Gasteiger partial charge < -0.3 is 16.2 Å². The SMILES string of the molecule is Cc1cc(CNC(=O)c2cc(CN(CC(N)=O)[C@@H](C)c3ccc(C(=O)O)c(C)c3)ncn2)ccc1F. The molecule has 10 heteroatoms. The summed E-state index contributed by atoms with van der Waals surface area (Å²) < 4.78 is 13.5. The molecule has 0 saturated carbocycles. The number of benzene rings is 2. The number of aromatic nitrogens is 2. The van der Waals surface area contributed by atoms with Gasteiger partial charge in [0.15, 0.2) is 0 Å². The van der Waals surface area contributed by atoms with Crippen LogP contribution in [0.2, 0.25) is 0 Å². The number of nitrogens with two attached hydrogens (primary N) is 1. The molecule has 0 radical (unpaired) electrons. The van der Waals surface area contributed by atoms with Crippen LogP contribution in [0, 0.1) is 19.7 Å². The maximum atomic E-state index is 13.5. The number of aryl methyl sites for hydroxylation is 2. The van der Waals surface area contributed by atoms with Crippen LogP contribution < -0.4 is 11.1 Å². The van der Waals surface area contributed by atoms with Gasteiger partial charge in [-0.05, 0) is 61.2 Å². The van der Waals surface area contributed by atoms with E-state index in [-0.39, 0.29) is 42.8 Å². The standard InChI is InChI=1S/C26H28FN5O4/c1-15-9-19(5-6-21(15)26(35)36)17(3)32(13-24(28)33)12-20-10-23(31-14-30-20)25(34)29-11-18-4-7-22(27)16(2)8-18/h4-10,14,17H,11-13H2,1-3H3,(H2,28,33)(H,29,34)(H,35,36)/t17-/m0/s1. The molecule has 9 nitrogen and oxygen atoms in total. The summed E-state index contributed by atoms with van der Waals surface area (Å²) in [7, 11) is 0. The Labute approximate surface area is 208 Å². The zero-order chi connectivity index (χ0) is 26.4. The fraction of sp³-hybridized carbons (Fsp3) is 0.269. The van der Waals surface area contributed by atoms with Gasteiger partial charge in [0.1, 0.15) is 17.8 Å². The van der Waals surface area contributed by atoms with Gasteiger partial charge in [-0.3, -0.25) is 14.5 Å². The molecule has 1 aromatic heterocycles. The summed E-state index contributed by atoms with van der Waals surface area (Å²) >= 11 is 0. The Hall–Kier alpha value is -4.18. The third kappa shape index (κ3) is 6.70. The van der Waals surface area contributed by atoms with Crippen LogP contribution in [0.1, 0.15) is 61.8 Å². The Morgan fingerprint density at radius 2 is 1.83 bits per heavy atom. The predicted octanol–water partition coefficient (Wildman–Crippen LogP) is 2.91. The minimum Gasteiger partial charge on any atom is -0.478 e. The van der Waals surface area contributed by atoms with Crippen LogP contribution in [-0.2, 0) is 17.9 Å². The summed E-state index contributed by atoms with van der Waals surface area (Å²) in [6.07, 6.45) is 1.27. The van der Waals surface area contributed by atoms with E-state index >= 15 is 0 Å². The average molecular weight is 494 g/mol. The lowest BCUT2D eigenvalue weighted by atomic mass is 10.00. The first-order chi connectivity index (χ1) is 17.0. The number of primary amides is 1. The van der Waals surface area contributed by atoms with Crippen molar-refractivity contribution in [1.82, 2.24) is 20.2 Å². The molecule has 3 rings (SSSR count). The molecular weight excluding hydrogens is 465 g/mol. The van der Waals surface area contributed by atoms with Crippen LogP contribution in [0.25, 0.3) is 0 Å². The molecule has 0 aliphatic heterocycles. The number of aromatic carboxylic acids is 1. The molecule has 1 heterocycles. The highest BCUT2D eigenvalue weighted by Gasteiger charge is 2.21. The average Bonchev–Trinajstić information content (AvgIpc) is 2.83. The Kier molecular flexibility index (Phi) is 8.44. The normalized spacial score (nSPS) is 11.8. The summed E-state index contributed by atoms with van der Waals surface area (Å²) in [5.41, 5.74) is 8.97. The lowest BCUT2D eigenvalue weighted by molar-refractivity contribution is -0.119. The molecule has 1 atom stereocenters. The number of carboxylic acid groups (broad SMARTS) is 1. The Bertz CT molecular complexity index is 1300. The second-order valence-corrected chi connectivity index (χ2v) is 8.59. The Morgan fingerprint density at radius 1 is 1.08 bits per heavy atom. The van der Waals surface area contributed by atoms with Crippen LogP contribution in [-0.4, -0.2) is 44.3 Å². The molecule has 0 aliphatic carbocycles. The van der Waals surface area contributed by atoms with Crippen molar-refractivity contribution in [3.05, 3.63) is 93.8 Å². The minimum absolute atomic E-state index is 0.0731. The van der Waals surface area contributed by atoms with Gasteiger partial charge in [-0.15, -0.1) is 0 Å². The zero-order valence-corrected chi connectivity index (χ0v) is 20.3. The van der Waals surface area contributed by atoms with Gasteiger partial charge >= 0.3 is 5.97 Å². The van der Waals surface area contributed by atoms with Crippen LogP contribution >= 0.6 is 0 Å². The molecular formula is C26H28FN5O4. The van der Waals surface area contributed by atoms with Gasteiger partial charge in [-0.2, -0.15) is 0 Å². The molecule has 2 amide bonds. The highest BCUT2D eigenvalue weighted by atomic mass is 19.1. The van der Waals surface area contributed by atoms with Gasteiger partial charge in [0.2, 0.25) is 5.91 Å². The quantitative estimate of drug-likeness (QED) is 0.395. The maximum Gasteiger partial charge on any atom is 0.335 e. The number of nitrogens with one attached hydrogen (secondary N) is 1. The number of hydrogen-bond acceptors (Lipinski definition) is 6. The van der Waals surface area contributed by atoms with Crippen molar-refractivity contribution in [2.24, 2.45) is 5.73 Å². The van der Waals surface area contributed by atoms with Crippen molar-refractivity contribution in [2.45, 2.75) is 39.9 Å². The lowest BCUT2D eigenvalue weighted by Gasteiger charge is -2.28. The summed E-state index contributed by atoms with van der Waals surface area (Å²) in [6.45, 7) is 5.56. The number of halogens is 1. The number of hydrogen-bond donors (Lipinski definition) is 3. The number of rotatable bonds is 10. The van der Waals surface area contributed by atoms with E-state index in [1.165, 1.54) is 24.5 Å². The second-order valence-electron chi connectivity index (χ2n) is 8.59. The molecule has 0 bridgehead atoms. The zero-order valence-electron chi connectivity index (χ0n) is 20.3. The van der Waals surface area contributed by atoms with Crippen LogP contribution in [0.15, 0.2) is 48.8 Å². The van der Waals surface area contributed by atoms with Crippen molar-refractivity contribution in [3.8, 4) is 0 Å². The second kappa shape index (κ2) is 11.5. The first-order valence-corrected chi connectivity index (χ1v) is 11.3. The van der Waals surface area contributed by atoms with Crippen LogP contribution in [0.4, 0.5) is 4.39 Å². The van der Waals surface area contributed by atoms with Crippen LogP contribution in [0.3, 0.4) is 0 Å². The van der Waals surface area contributed by atoms with Gasteiger partial charge in [-0.25, -0.2) is 19.2 Å². The van der Waals surface area contributed by atoms with E-state index in [1.54, 1.807) is 43.0 Å². The number of carbonyl (C=O) groups excluding carboxylic acids is 2. The van der Waals surface area contributed by atoms with Gasteiger partial charge in [0.25, 0.3) is 5.91 Å². The molecule has 36 heavy (non-hydrogen) atoms. The minimum atomic E-state index is -1.01. The third-order valence-corrected chi connectivity index (χ3v) is 5.87. The molecule has 3 aromatic rings. The maximum absolute atomic E-state index is 13.5. The first-order valence-electron chi connectivity index (χ1n) is 11.3. The largest absolute Gasteiger partial charge is 0.478 e. The molecule has 0 saturated heterocycles. The van der Waals surface area contributed by atoms with Crippen molar-refractivity contribution >= 4 is 17.8 Å². The lowest BCUT2D eigenvalue weighted by Crippen LogP contribution is -2.35. The highest BCUT2D eigenvalue weighted by Crippen LogP contribution is 2.24. The van der Waals surface area contributed by atoms with Gasteiger partial charge in [0.05, 0.1) is 17.8 Å². The Balaban J connectivity index is 1.75. The summed E-state index contributed by atoms with van der Waals surface area (Å²) in [5, 5.41) is 12.0. The fourth-order valence-electron chi connectivity index (χ4n) is 3.83. The number of nitrogens with zero attached hydrogens (tertiary/aromatic N) is 3. The molecule has 0 unspecified atom stereocenters. The first kappa shape index (κ1) is 26.4. The van der Waals surface area contributed by atoms with Crippen molar-refractivity contribution in [2.75, 3.05) is 6.54 Å². The highest BCUT2D eigenvalue weighted by molar-refractivity contribution is 5.92. The van der Waals surface area contributed by atoms with E-state index in [0.717, 1.165) is 11.1 Å². The molecule has 4 N–H and O–H groups in total. The van der Waals surface area contributed by atoms with E-state index in [4.69, 9.17) is 5.73 Å². The van der Waals surface area contributed by atoms with Crippen molar-refractivity contribution in [1.29, 1.82) is 0 Å².